The normalized spacial score (nSPS) is 22.3. The van der Waals surface area contributed by atoms with Crippen LogP contribution in [0.3, 0.4) is 0 Å². The van der Waals surface area contributed by atoms with Crippen LogP contribution in [-0.2, 0) is 0 Å². The number of benzene rings is 1. The monoisotopic (exact) mass is 328 g/mol. The zero-order valence-corrected chi connectivity index (χ0v) is 12.8. The van der Waals surface area contributed by atoms with Gasteiger partial charge >= 0.3 is 6.36 Å². The Bertz CT molecular complexity index is 555. The van der Waals surface area contributed by atoms with Crippen LogP contribution in [0.1, 0.15) is 43.6 Å². The molecule has 23 heavy (non-hydrogen) atoms. The summed E-state index contributed by atoms with van der Waals surface area (Å²) in [5, 5.41) is 0. The molecular weight excluding hydrogens is 308 g/mol. The van der Waals surface area contributed by atoms with E-state index in [0.29, 0.717) is 5.92 Å². The van der Waals surface area contributed by atoms with Gasteiger partial charge in [0.25, 0.3) is 0 Å². The van der Waals surface area contributed by atoms with Gasteiger partial charge < -0.3 is 4.74 Å². The molecule has 0 aromatic heterocycles. The lowest BCUT2D eigenvalue weighted by Gasteiger charge is -2.28. The van der Waals surface area contributed by atoms with Crippen LogP contribution < -0.4 is 4.74 Å². The summed E-state index contributed by atoms with van der Waals surface area (Å²) in [6.07, 6.45) is 5.83. The van der Waals surface area contributed by atoms with Crippen molar-refractivity contribution in [3.8, 4) is 5.75 Å². The summed E-state index contributed by atoms with van der Waals surface area (Å²) in [4.78, 5) is 0. The van der Waals surface area contributed by atoms with Gasteiger partial charge in [-0.1, -0.05) is 30.9 Å². The van der Waals surface area contributed by atoms with E-state index in [9.17, 15) is 17.6 Å². The van der Waals surface area contributed by atoms with E-state index >= 15 is 0 Å². The molecule has 5 heteroatoms. The predicted octanol–water partition coefficient (Wildman–Crippen LogP) is 6.13. The van der Waals surface area contributed by atoms with Crippen LogP contribution in [0, 0.1) is 11.7 Å². The Kier molecular flexibility index (Phi) is 5.85. The fourth-order valence-corrected chi connectivity index (χ4v) is 3.08. The Morgan fingerprint density at radius 1 is 1.17 bits per heavy atom. The van der Waals surface area contributed by atoms with Crippen molar-refractivity contribution in [1.29, 1.82) is 0 Å². The molecule has 0 heterocycles. The molecule has 1 nitrogen and oxygen atoms in total. The Morgan fingerprint density at radius 2 is 1.87 bits per heavy atom. The number of alkyl halides is 3. The highest BCUT2D eigenvalue weighted by Crippen LogP contribution is 2.38. The second kappa shape index (κ2) is 7.66. The van der Waals surface area contributed by atoms with Crippen molar-refractivity contribution in [3.63, 3.8) is 0 Å². The number of halogens is 4. The van der Waals surface area contributed by atoms with Crippen LogP contribution in [-0.4, -0.2) is 6.36 Å². The highest BCUT2D eigenvalue weighted by molar-refractivity contribution is 5.31. The Balaban J connectivity index is 1.95. The molecule has 126 valence electrons. The van der Waals surface area contributed by atoms with Gasteiger partial charge in [-0.25, -0.2) is 4.39 Å². The number of rotatable bonds is 5. The minimum absolute atomic E-state index is 0.198. The zero-order valence-electron chi connectivity index (χ0n) is 12.8. The highest BCUT2D eigenvalue weighted by Gasteiger charge is 2.32. The standard InChI is InChI=1S/C18H20F4O/c1-2-3-4-5-13-6-8-14(9-7-13)15-10-11-17(16(19)12-15)23-18(20,21)22/h2-4,10-14H,1,5-9H2/b4-3-. The molecule has 1 aliphatic rings. The Morgan fingerprint density at radius 3 is 2.43 bits per heavy atom. The van der Waals surface area contributed by atoms with Gasteiger partial charge in [0, 0.05) is 0 Å². The maximum atomic E-state index is 13.8. The lowest BCUT2D eigenvalue weighted by Crippen LogP contribution is -2.18. The average Bonchev–Trinajstić information content (AvgIpc) is 2.49. The Hall–Kier alpha value is -1.78. The van der Waals surface area contributed by atoms with E-state index in [0.717, 1.165) is 43.7 Å². The van der Waals surface area contributed by atoms with Gasteiger partial charge in [0.15, 0.2) is 11.6 Å². The molecule has 1 aromatic rings. The van der Waals surface area contributed by atoms with Crippen molar-refractivity contribution < 1.29 is 22.3 Å². The van der Waals surface area contributed by atoms with Crippen molar-refractivity contribution in [3.05, 3.63) is 54.4 Å². The third-order valence-corrected chi connectivity index (χ3v) is 4.24. The van der Waals surface area contributed by atoms with Crippen LogP contribution in [0.5, 0.6) is 5.75 Å². The summed E-state index contributed by atoms with van der Waals surface area (Å²) in [6, 6.07) is 3.77. The number of hydrogen-bond acceptors (Lipinski definition) is 1. The topological polar surface area (TPSA) is 9.23 Å². The molecule has 0 unspecified atom stereocenters. The molecule has 1 aliphatic carbocycles. The van der Waals surface area contributed by atoms with E-state index in [1.807, 2.05) is 6.08 Å². The largest absolute Gasteiger partial charge is 0.573 e. The van der Waals surface area contributed by atoms with Crippen LogP contribution >= 0.6 is 0 Å². The van der Waals surface area contributed by atoms with Crippen LogP contribution in [0.25, 0.3) is 0 Å². The van der Waals surface area contributed by atoms with Gasteiger partial charge in [0.1, 0.15) is 0 Å². The molecule has 1 saturated carbocycles. The van der Waals surface area contributed by atoms with Crippen molar-refractivity contribution >= 4 is 0 Å². The summed E-state index contributed by atoms with van der Waals surface area (Å²) in [7, 11) is 0. The summed E-state index contributed by atoms with van der Waals surface area (Å²) >= 11 is 0. The maximum absolute atomic E-state index is 13.8. The molecule has 0 aliphatic heterocycles. The first-order chi connectivity index (χ1) is 10.9. The molecular formula is C18H20F4O. The Labute approximate surface area is 133 Å². The van der Waals surface area contributed by atoms with Gasteiger partial charge in [-0.3, -0.25) is 0 Å². The van der Waals surface area contributed by atoms with E-state index in [1.165, 1.54) is 12.1 Å². The fourth-order valence-electron chi connectivity index (χ4n) is 3.08. The molecule has 0 amide bonds. The fraction of sp³-hybridized carbons (Fsp3) is 0.444. The van der Waals surface area contributed by atoms with E-state index in [2.05, 4.69) is 17.4 Å². The lowest BCUT2D eigenvalue weighted by atomic mass is 9.77. The first-order valence-corrected chi connectivity index (χ1v) is 7.72. The third-order valence-electron chi connectivity index (χ3n) is 4.24. The number of allylic oxidation sites excluding steroid dienone is 3. The predicted molar refractivity (Wildman–Crippen MR) is 81.7 cm³/mol. The second-order valence-corrected chi connectivity index (χ2v) is 5.85. The summed E-state index contributed by atoms with van der Waals surface area (Å²) in [5.41, 5.74) is 0.747. The molecule has 0 atom stereocenters. The van der Waals surface area contributed by atoms with Gasteiger partial charge in [-0.15, -0.1) is 13.2 Å². The van der Waals surface area contributed by atoms with Gasteiger partial charge in [-0.05, 0) is 61.6 Å². The van der Waals surface area contributed by atoms with Gasteiger partial charge in [-0.2, -0.15) is 0 Å². The minimum atomic E-state index is -4.88. The van der Waals surface area contributed by atoms with Crippen LogP contribution in [0.2, 0.25) is 0 Å². The van der Waals surface area contributed by atoms with Crippen molar-refractivity contribution in [2.75, 3.05) is 0 Å². The molecule has 1 fully saturated rings. The quantitative estimate of drug-likeness (QED) is 0.466. The van der Waals surface area contributed by atoms with Crippen LogP contribution in [0.4, 0.5) is 17.6 Å². The molecule has 0 radical (unpaired) electrons. The second-order valence-electron chi connectivity index (χ2n) is 5.85. The van der Waals surface area contributed by atoms with E-state index in [-0.39, 0.29) is 5.92 Å². The van der Waals surface area contributed by atoms with E-state index in [4.69, 9.17) is 0 Å². The summed E-state index contributed by atoms with van der Waals surface area (Å²) < 4.78 is 53.9. The lowest BCUT2D eigenvalue weighted by molar-refractivity contribution is -0.275. The zero-order chi connectivity index (χ0) is 16.9. The van der Waals surface area contributed by atoms with Crippen LogP contribution in [0.15, 0.2) is 43.0 Å². The average molecular weight is 328 g/mol. The molecule has 0 saturated heterocycles. The van der Waals surface area contributed by atoms with Gasteiger partial charge in [0.05, 0.1) is 0 Å². The molecule has 2 rings (SSSR count). The third kappa shape index (κ3) is 5.41. The van der Waals surface area contributed by atoms with Gasteiger partial charge in [0.2, 0.25) is 0 Å². The molecule has 0 bridgehead atoms. The summed E-state index contributed by atoms with van der Waals surface area (Å²) in [6.45, 7) is 3.63. The first kappa shape index (κ1) is 17.6. The molecule has 0 spiro atoms. The first-order valence-electron chi connectivity index (χ1n) is 7.72. The summed E-state index contributed by atoms with van der Waals surface area (Å²) in [5.74, 6) is -0.926. The number of ether oxygens (including phenoxy) is 1. The van der Waals surface area contributed by atoms with Crippen molar-refractivity contribution in [2.24, 2.45) is 5.92 Å². The smallest absolute Gasteiger partial charge is 0.403 e. The van der Waals surface area contributed by atoms with E-state index in [1.54, 1.807) is 6.08 Å². The highest BCUT2D eigenvalue weighted by atomic mass is 19.4. The van der Waals surface area contributed by atoms with Crippen molar-refractivity contribution in [1.82, 2.24) is 0 Å². The molecule has 1 aromatic carbocycles. The van der Waals surface area contributed by atoms with E-state index < -0.39 is 17.9 Å². The molecule has 0 N–H and O–H groups in total. The number of hydrogen-bond donors (Lipinski definition) is 0. The van der Waals surface area contributed by atoms with Crippen molar-refractivity contribution in [2.45, 2.75) is 44.4 Å². The SMILES string of the molecule is C=C/C=C\CC1CCC(c2ccc(OC(F)(F)F)c(F)c2)CC1. The maximum Gasteiger partial charge on any atom is 0.573 e. The minimum Gasteiger partial charge on any atom is -0.403 e.